The van der Waals surface area contributed by atoms with Gasteiger partial charge in [0, 0.05) is 37.1 Å². The van der Waals surface area contributed by atoms with Crippen LogP contribution in [0.5, 0.6) is 0 Å². The highest BCUT2D eigenvalue weighted by Gasteiger charge is 2.01. The first-order valence-corrected chi connectivity index (χ1v) is 5.36. The lowest BCUT2D eigenvalue weighted by Crippen LogP contribution is -2.30. The van der Waals surface area contributed by atoms with Crippen molar-refractivity contribution in [1.29, 1.82) is 0 Å². The minimum absolute atomic E-state index is 0.0699. The third-order valence-electron chi connectivity index (χ3n) is 2.01. The maximum Gasteiger partial charge on any atom is 0.216 e. The van der Waals surface area contributed by atoms with E-state index < -0.39 is 0 Å². The van der Waals surface area contributed by atoms with Crippen LogP contribution < -0.4 is 10.6 Å². The molecular weight excluding hydrogens is 231 g/mol. The van der Waals surface area contributed by atoms with Crippen molar-refractivity contribution in [2.24, 2.45) is 0 Å². The highest BCUT2D eigenvalue weighted by Crippen LogP contribution is 2.14. The SMILES string of the molecule is CC(=O)NCCNCc1ccc(Cl)cc1F. The van der Waals surface area contributed by atoms with Crippen LogP contribution in [0.3, 0.4) is 0 Å². The van der Waals surface area contributed by atoms with E-state index in [9.17, 15) is 9.18 Å². The van der Waals surface area contributed by atoms with Gasteiger partial charge in [0.25, 0.3) is 0 Å². The number of benzene rings is 1. The molecule has 1 amide bonds. The number of carbonyl (C=O) groups excluding carboxylic acids is 1. The van der Waals surface area contributed by atoms with E-state index in [0.29, 0.717) is 30.2 Å². The Kier molecular flexibility index (Phi) is 5.22. The van der Waals surface area contributed by atoms with Crippen molar-refractivity contribution in [3.05, 3.63) is 34.6 Å². The van der Waals surface area contributed by atoms with E-state index in [-0.39, 0.29) is 11.7 Å². The smallest absolute Gasteiger partial charge is 0.216 e. The van der Waals surface area contributed by atoms with Crippen molar-refractivity contribution in [3.63, 3.8) is 0 Å². The summed E-state index contributed by atoms with van der Waals surface area (Å²) in [4.78, 5) is 10.6. The Morgan fingerprint density at radius 3 is 2.81 bits per heavy atom. The Labute approximate surface area is 99.0 Å². The molecule has 0 aromatic heterocycles. The van der Waals surface area contributed by atoms with Gasteiger partial charge in [-0.2, -0.15) is 0 Å². The summed E-state index contributed by atoms with van der Waals surface area (Å²) in [5.74, 6) is -0.390. The summed E-state index contributed by atoms with van der Waals surface area (Å²) in [5, 5.41) is 6.05. The second-order valence-electron chi connectivity index (χ2n) is 3.40. The molecule has 0 aliphatic rings. The lowest BCUT2D eigenvalue weighted by atomic mass is 10.2. The van der Waals surface area contributed by atoms with Gasteiger partial charge in [-0.1, -0.05) is 17.7 Å². The van der Waals surface area contributed by atoms with Crippen molar-refractivity contribution in [1.82, 2.24) is 10.6 Å². The fraction of sp³-hybridized carbons (Fsp3) is 0.364. The van der Waals surface area contributed by atoms with Crippen LogP contribution >= 0.6 is 11.6 Å². The van der Waals surface area contributed by atoms with Crippen LogP contribution in [0.1, 0.15) is 12.5 Å². The zero-order valence-electron chi connectivity index (χ0n) is 9.02. The minimum Gasteiger partial charge on any atom is -0.355 e. The molecule has 0 heterocycles. The van der Waals surface area contributed by atoms with Crippen LogP contribution in [0.15, 0.2) is 18.2 Å². The van der Waals surface area contributed by atoms with Crippen LogP contribution in [-0.4, -0.2) is 19.0 Å². The molecule has 0 aliphatic heterocycles. The van der Waals surface area contributed by atoms with Crippen molar-refractivity contribution < 1.29 is 9.18 Å². The van der Waals surface area contributed by atoms with Gasteiger partial charge in [0.05, 0.1) is 0 Å². The fourth-order valence-electron chi connectivity index (χ4n) is 1.22. The van der Waals surface area contributed by atoms with E-state index in [1.54, 1.807) is 12.1 Å². The van der Waals surface area contributed by atoms with Crippen LogP contribution in [0.2, 0.25) is 5.02 Å². The summed E-state index contributed by atoms with van der Waals surface area (Å²) in [6.45, 7) is 3.01. The van der Waals surface area contributed by atoms with Crippen molar-refractivity contribution in [2.45, 2.75) is 13.5 Å². The number of nitrogens with one attached hydrogen (secondary N) is 2. The van der Waals surface area contributed by atoms with Crippen molar-refractivity contribution in [2.75, 3.05) is 13.1 Å². The summed E-state index contributed by atoms with van der Waals surface area (Å²) in [6, 6.07) is 4.57. The fourth-order valence-corrected chi connectivity index (χ4v) is 1.37. The largest absolute Gasteiger partial charge is 0.355 e. The molecule has 3 nitrogen and oxygen atoms in total. The minimum atomic E-state index is -0.320. The number of halogens is 2. The van der Waals surface area contributed by atoms with Crippen LogP contribution in [0.25, 0.3) is 0 Å². The summed E-state index contributed by atoms with van der Waals surface area (Å²) in [6.07, 6.45) is 0. The van der Waals surface area contributed by atoms with Crippen LogP contribution in [-0.2, 0) is 11.3 Å². The third-order valence-corrected chi connectivity index (χ3v) is 2.24. The number of rotatable bonds is 5. The molecule has 0 unspecified atom stereocenters. The molecule has 2 N–H and O–H groups in total. The molecule has 0 bridgehead atoms. The quantitative estimate of drug-likeness (QED) is 0.775. The molecule has 0 atom stereocenters. The molecular formula is C11H14ClFN2O. The predicted molar refractivity (Wildman–Crippen MR) is 61.8 cm³/mol. The molecule has 1 rings (SSSR count). The number of amides is 1. The van der Waals surface area contributed by atoms with Gasteiger partial charge in [0.15, 0.2) is 0 Å². The van der Waals surface area contributed by atoms with Gasteiger partial charge in [-0.15, -0.1) is 0 Å². The number of hydrogen-bond donors (Lipinski definition) is 2. The zero-order chi connectivity index (χ0) is 12.0. The third kappa shape index (κ3) is 4.59. The van der Waals surface area contributed by atoms with E-state index in [1.165, 1.54) is 13.0 Å². The van der Waals surface area contributed by atoms with Gasteiger partial charge < -0.3 is 10.6 Å². The molecule has 0 saturated carbocycles. The topological polar surface area (TPSA) is 41.1 Å². The Hall–Kier alpha value is -1.13. The Morgan fingerprint density at radius 2 is 2.19 bits per heavy atom. The van der Waals surface area contributed by atoms with E-state index in [4.69, 9.17) is 11.6 Å². The van der Waals surface area contributed by atoms with Crippen molar-refractivity contribution >= 4 is 17.5 Å². The summed E-state index contributed by atoms with van der Waals surface area (Å²) in [7, 11) is 0. The van der Waals surface area contributed by atoms with Gasteiger partial charge in [-0.25, -0.2) is 4.39 Å². The molecule has 0 spiro atoms. The van der Waals surface area contributed by atoms with Gasteiger partial charge in [-0.3, -0.25) is 4.79 Å². The monoisotopic (exact) mass is 244 g/mol. The second-order valence-corrected chi connectivity index (χ2v) is 3.83. The normalized spacial score (nSPS) is 10.2. The van der Waals surface area contributed by atoms with Crippen LogP contribution in [0, 0.1) is 5.82 Å². The van der Waals surface area contributed by atoms with Gasteiger partial charge in [0.1, 0.15) is 5.82 Å². The molecule has 1 aromatic carbocycles. The zero-order valence-corrected chi connectivity index (χ0v) is 9.77. The molecule has 1 aromatic rings. The molecule has 16 heavy (non-hydrogen) atoms. The second kappa shape index (κ2) is 6.45. The molecule has 5 heteroatoms. The molecule has 88 valence electrons. The van der Waals surface area contributed by atoms with Gasteiger partial charge in [0.2, 0.25) is 5.91 Å². The lowest BCUT2D eigenvalue weighted by Gasteiger charge is -2.06. The molecule has 0 radical (unpaired) electrons. The Bertz CT molecular complexity index is 371. The maximum atomic E-state index is 13.3. The molecule has 0 saturated heterocycles. The van der Waals surface area contributed by atoms with E-state index >= 15 is 0 Å². The first kappa shape index (κ1) is 12.9. The van der Waals surface area contributed by atoms with Gasteiger partial charge >= 0.3 is 0 Å². The number of hydrogen-bond acceptors (Lipinski definition) is 2. The lowest BCUT2D eigenvalue weighted by molar-refractivity contribution is -0.118. The first-order valence-electron chi connectivity index (χ1n) is 4.98. The van der Waals surface area contributed by atoms with E-state index in [2.05, 4.69) is 10.6 Å². The number of carbonyl (C=O) groups is 1. The van der Waals surface area contributed by atoms with Gasteiger partial charge in [-0.05, 0) is 12.1 Å². The average Bonchev–Trinajstić information content (AvgIpc) is 2.20. The summed E-state index contributed by atoms with van der Waals surface area (Å²) < 4.78 is 13.3. The summed E-state index contributed by atoms with van der Waals surface area (Å²) in [5.41, 5.74) is 0.562. The maximum absolute atomic E-state index is 13.3. The van der Waals surface area contributed by atoms with E-state index in [1.807, 2.05) is 0 Å². The average molecular weight is 245 g/mol. The summed E-state index contributed by atoms with van der Waals surface area (Å²) >= 11 is 5.63. The molecule has 0 fully saturated rings. The van der Waals surface area contributed by atoms with Crippen molar-refractivity contribution in [3.8, 4) is 0 Å². The highest BCUT2D eigenvalue weighted by molar-refractivity contribution is 6.30. The Balaban J connectivity index is 2.29. The van der Waals surface area contributed by atoms with Crippen LogP contribution in [0.4, 0.5) is 4.39 Å². The van der Waals surface area contributed by atoms with E-state index in [0.717, 1.165) is 0 Å². The predicted octanol–water partition coefficient (Wildman–Crippen LogP) is 1.70. The first-order chi connectivity index (χ1) is 7.59. The molecule has 0 aliphatic carbocycles. The highest BCUT2D eigenvalue weighted by atomic mass is 35.5. The Morgan fingerprint density at radius 1 is 1.44 bits per heavy atom. The standard InChI is InChI=1S/C11H14ClFN2O/c1-8(16)15-5-4-14-7-9-2-3-10(12)6-11(9)13/h2-3,6,14H,4-5,7H2,1H3,(H,15,16).